The first-order chi connectivity index (χ1) is 11.7. The minimum atomic E-state index is -0.626. The molecular formula is C19H25NO4. The fourth-order valence-corrected chi connectivity index (χ4v) is 2.44. The number of hydrogen-bond acceptors (Lipinski definition) is 5. The molecule has 0 spiro atoms. The lowest BCUT2D eigenvalue weighted by Gasteiger charge is -2.15. The number of aliphatic hydroxyl groups excluding tert-OH is 1. The van der Waals surface area contributed by atoms with Crippen LogP contribution < -0.4 is 19.5 Å². The topological polar surface area (TPSA) is 60.0 Å². The summed E-state index contributed by atoms with van der Waals surface area (Å²) in [4.78, 5) is 0. The largest absolute Gasteiger partial charge is 0.497 e. The van der Waals surface area contributed by atoms with Crippen LogP contribution >= 0.6 is 0 Å². The number of aliphatic hydroxyl groups is 1. The monoisotopic (exact) mass is 331 g/mol. The van der Waals surface area contributed by atoms with Crippen molar-refractivity contribution < 1.29 is 19.3 Å². The van der Waals surface area contributed by atoms with Crippen LogP contribution in [0.2, 0.25) is 0 Å². The zero-order valence-corrected chi connectivity index (χ0v) is 14.4. The van der Waals surface area contributed by atoms with E-state index in [4.69, 9.17) is 14.2 Å². The van der Waals surface area contributed by atoms with E-state index in [1.807, 2.05) is 30.3 Å². The van der Waals surface area contributed by atoms with Crippen molar-refractivity contribution in [2.75, 3.05) is 34.4 Å². The maximum atomic E-state index is 10.3. The lowest BCUT2D eigenvalue weighted by atomic mass is 10.1. The number of hydrogen-bond donors (Lipinski definition) is 2. The Morgan fingerprint density at radius 3 is 2.21 bits per heavy atom. The van der Waals surface area contributed by atoms with E-state index in [2.05, 4.69) is 11.4 Å². The molecule has 2 rings (SSSR count). The molecular weight excluding hydrogens is 306 g/mol. The highest BCUT2D eigenvalue weighted by Crippen LogP contribution is 2.26. The second-order valence-corrected chi connectivity index (χ2v) is 5.47. The van der Waals surface area contributed by atoms with E-state index >= 15 is 0 Å². The molecule has 1 atom stereocenters. The zero-order valence-electron chi connectivity index (χ0n) is 14.4. The fourth-order valence-electron chi connectivity index (χ4n) is 2.44. The number of methoxy groups -OCH3 is 3. The molecule has 0 aliphatic carbocycles. The molecule has 2 aromatic rings. The molecule has 24 heavy (non-hydrogen) atoms. The van der Waals surface area contributed by atoms with Crippen molar-refractivity contribution >= 4 is 0 Å². The van der Waals surface area contributed by atoms with Crippen molar-refractivity contribution in [1.82, 2.24) is 5.32 Å². The summed E-state index contributed by atoms with van der Waals surface area (Å²) < 4.78 is 15.7. The molecule has 0 bridgehead atoms. The Kier molecular flexibility index (Phi) is 6.90. The molecule has 0 radical (unpaired) electrons. The molecule has 1 unspecified atom stereocenters. The van der Waals surface area contributed by atoms with E-state index in [0.29, 0.717) is 18.0 Å². The van der Waals surface area contributed by atoms with Crippen molar-refractivity contribution in [2.45, 2.75) is 12.5 Å². The normalized spacial score (nSPS) is 11.8. The zero-order chi connectivity index (χ0) is 17.4. The first-order valence-electron chi connectivity index (χ1n) is 7.91. The first-order valence-corrected chi connectivity index (χ1v) is 7.91. The summed E-state index contributed by atoms with van der Waals surface area (Å²) in [5.74, 6) is 2.19. The van der Waals surface area contributed by atoms with E-state index in [9.17, 15) is 5.11 Å². The Balaban J connectivity index is 1.85. The third kappa shape index (κ3) is 5.15. The Morgan fingerprint density at radius 2 is 1.58 bits per heavy atom. The number of ether oxygens (including phenoxy) is 3. The van der Waals surface area contributed by atoms with Crippen LogP contribution in [0.25, 0.3) is 0 Å². The highest BCUT2D eigenvalue weighted by molar-refractivity contribution is 5.39. The molecule has 130 valence electrons. The summed E-state index contributed by atoms with van der Waals surface area (Å²) >= 11 is 0. The SMILES string of the molecule is COc1cccc(CCNCC(O)c2cc(OC)cc(OC)c2)c1. The summed E-state index contributed by atoms with van der Waals surface area (Å²) in [7, 11) is 4.85. The number of nitrogens with one attached hydrogen (secondary N) is 1. The molecule has 2 aromatic carbocycles. The first kappa shape index (κ1) is 18.1. The van der Waals surface area contributed by atoms with Crippen LogP contribution in [-0.2, 0) is 6.42 Å². The number of benzene rings is 2. The van der Waals surface area contributed by atoms with Crippen molar-refractivity contribution in [1.29, 1.82) is 0 Å². The Morgan fingerprint density at radius 1 is 0.917 bits per heavy atom. The van der Waals surface area contributed by atoms with Gasteiger partial charge in [0.1, 0.15) is 17.2 Å². The molecule has 0 fully saturated rings. The van der Waals surface area contributed by atoms with Crippen LogP contribution in [0.4, 0.5) is 0 Å². The quantitative estimate of drug-likeness (QED) is 0.692. The molecule has 0 aliphatic rings. The van der Waals surface area contributed by atoms with Crippen molar-refractivity contribution in [3.8, 4) is 17.2 Å². The lowest BCUT2D eigenvalue weighted by molar-refractivity contribution is 0.174. The second-order valence-electron chi connectivity index (χ2n) is 5.47. The average Bonchev–Trinajstić information content (AvgIpc) is 2.64. The lowest BCUT2D eigenvalue weighted by Crippen LogP contribution is -2.23. The van der Waals surface area contributed by atoms with Gasteiger partial charge in [0.2, 0.25) is 0 Å². The summed E-state index contributed by atoms with van der Waals surface area (Å²) in [6, 6.07) is 13.4. The fraction of sp³-hybridized carbons (Fsp3) is 0.368. The Bertz CT molecular complexity index is 623. The molecule has 0 saturated heterocycles. The summed E-state index contributed by atoms with van der Waals surface area (Å²) in [6.07, 6.45) is 0.241. The summed E-state index contributed by atoms with van der Waals surface area (Å²) in [6.45, 7) is 1.23. The van der Waals surface area contributed by atoms with Crippen molar-refractivity contribution in [3.63, 3.8) is 0 Å². The maximum Gasteiger partial charge on any atom is 0.122 e. The highest BCUT2D eigenvalue weighted by atomic mass is 16.5. The smallest absolute Gasteiger partial charge is 0.122 e. The predicted molar refractivity (Wildman–Crippen MR) is 94.1 cm³/mol. The molecule has 2 N–H and O–H groups in total. The Hall–Kier alpha value is -2.24. The van der Waals surface area contributed by atoms with Crippen LogP contribution in [-0.4, -0.2) is 39.5 Å². The Labute approximate surface area is 143 Å². The van der Waals surface area contributed by atoms with Gasteiger partial charge in [0.05, 0.1) is 27.4 Å². The minimum Gasteiger partial charge on any atom is -0.497 e. The van der Waals surface area contributed by atoms with Crippen LogP contribution in [0.3, 0.4) is 0 Å². The summed E-state index contributed by atoms with van der Waals surface area (Å²) in [5, 5.41) is 13.6. The molecule has 0 amide bonds. The average molecular weight is 331 g/mol. The highest BCUT2D eigenvalue weighted by Gasteiger charge is 2.10. The molecule has 5 heteroatoms. The van der Waals surface area contributed by atoms with Gasteiger partial charge in [0, 0.05) is 12.6 Å². The predicted octanol–water partition coefficient (Wildman–Crippen LogP) is 2.58. The van der Waals surface area contributed by atoms with Gasteiger partial charge in [-0.3, -0.25) is 0 Å². The van der Waals surface area contributed by atoms with Crippen LogP contribution in [0, 0.1) is 0 Å². The van der Waals surface area contributed by atoms with E-state index < -0.39 is 6.10 Å². The van der Waals surface area contributed by atoms with Gasteiger partial charge >= 0.3 is 0 Å². The minimum absolute atomic E-state index is 0.459. The van der Waals surface area contributed by atoms with Crippen LogP contribution in [0.15, 0.2) is 42.5 Å². The van der Waals surface area contributed by atoms with Gasteiger partial charge in [0.25, 0.3) is 0 Å². The van der Waals surface area contributed by atoms with E-state index in [-0.39, 0.29) is 0 Å². The van der Waals surface area contributed by atoms with E-state index in [1.165, 1.54) is 5.56 Å². The van der Waals surface area contributed by atoms with Gasteiger partial charge in [-0.25, -0.2) is 0 Å². The van der Waals surface area contributed by atoms with Gasteiger partial charge in [-0.05, 0) is 48.4 Å². The standard InChI is InChI=1S/C19H25NO4/c1-22-16-6-4-5-14(9-16)7-8-20-13-19(21)15-10-17(23-2)12-18(11-15)24-3/h4-6,9-12,19-21H,7-8,13H2,1-3H3. The van der Waals surface area contributed by atoms with Gasteiger partial charge in [-0.1, -0.05) is 12.1 Å². The summed E-state index contributed by atoms with van der Waals surface area (Å²) in [5.41, 5.74) is 1.96. The van der Waals surface area contributed by atoms with Crippen molar-refractivity contribution in [2.24, 2.45) is 0 Å². The van der Waals surface area contributed by atoms with E-state index in [1.54, 1.807) is 27.4 Å². The third-order valence-corrected chi connectivity index (χ3v) is 3.82. The van der Waals surface area contributed by atoms with Gasteiger partial charge < -0.3 is 24.6 Å². The van der Waals surface area contributed by atoms with Gasteiger partial charge in [0.15, 0.2) is 0 Å². The van der Waals surface area contributed by atoms with E-state index in [0.717, 1.165) is 24.3 Å². The van der Waals surface area contributed by atoms with Gasteiger partial charge in [-0.15, -0.1) is 0 Å². The van der Waals surface area contributed by atoms with Crippen molar-refractivity contribution in [3.05, 3.63) is 53.6 Å². The molecule has 0 heterocycles. The second kappa shape index (κ2) is 9.15. The molecule has 5 nitrogen and oxygen atoms in total. The number of rotatable bonds is 9. The third-order valence-electron chi connectivity index (χ3n) is 3.82. The van der Waals surface area contributed by atoms with Crippen LogP contribution in [0.5, 0.6) is 17.2 Å². The van der Waals surface area contributed by atoms with Crippen LogP contribution in [0.1, 0.15) is 17.2 Å². The molecule has 0 aromatic heterocycles. The van der Waals surface area contributed by atoms with Gasteiger partial charge in [-0.2, -0.15) is 0 Å². The maximum absolute atomic E-state index is 10.3. The molecule has 0 saturated carbocycles. The molecule has 0 aliphatic heterocycles.